The molecule has 0 bridgehead atoms. The van der Waals surface area contributed by atoms with Crippen LogP contribution in [0, 0.1) is 6.92 Å². The van der Waals surface area contributed by atoms with Gasteiger partial charge in [0.05, 0.1) is 6.04 Å². The zero-order valence-electron chi connectivity index (χ0n) is 21.2. The van der Waals surface area contributed by atoms with Crippen molar-refractivity contribution >= 4 is 70.3 Å². The number of rotatable bonds is 12. The van der Waals surface area contributed by atoms with Crippen molar-refractivity contribution in [1.29, 1.82) is 0 Å². The third-order valence-electron chi connectivity index (χ3n) is 6.08. The fourth-order valence-corrected chi connectivity index (χ4v) is 7.88. The monoisotopic (exact) mass is 608 g/mol. The largest absolute Gasteiger partial charge is 0.477 e. The number of benzene rings is 1. The number of thioether (sulfide) groups is 3. The molecule has 11 nitrogen and oxygen atoms in total. The molecule has 1 aromatic heterocycles. The molecule has 0 saturated carbocycles. The Morgan fingerprint density at radius 1 is 1.23 bits per heavy atom. The highest BCUT2D eigenvalue weighted by atomic mass is 32.2. The van der Waals surface area contributed by atoms with E-state index in [0.717, 1.165) is 9.35 Å². The van der Waals surface area contributed by atoms with Crippen LogP contribution in [0.5, 0.6) is 0 Å². The number of nitrogens with one attached hydrogen (secondary N) is 2. The van der Waals surface area contributed by atoms with E-state index in [9.17, 15) is 24.3 Å². The minimum Gasteiger partial charge on any atom is -0.477 e. The fourth-order valence-electron chi connectivity index (χ4n) is 4.09. The molecule has 2 aliphatic heterocycles. The van der Waals surface area contributed by atoms with E-state index < -0.39 is 47.2 Å². The van der Waals surface area contributed by atoms with Gasteiger partial charge in [0.25, 0.3) is 5.91 Å². The number of hydrogen-bond donors (Lipinski definition) is 4. The fraction of sp³-hybridized carbons (Fsp3) is 0.417. The Hall–Kier alpha value is -2.59. The number of aryl methyl sites for hydroxylation is 1. The van der Waals surface area contributed by atoms with Crippen LogP contribution in [0.3, 0.4) is 0 Å². The Kier molecular flexibility index (Phi) is 9.93. The summed E-state index contributed by atoms with van der Waals surface area (Å²) in [5, 5.41) is 23.6. The Morgan fingerprint density at radius 2 is 1.97 bits per heavy atom. The van der Waals surface area contributed by atoms with Gasteiger partial charge in [-0.05, 0) is 36.5 Å². The summed E-state index contributed by atoms with van der Waals surface area (Å²) >= 11 is 5.74. The van der Waals surface area contributed by atoms with E-state index in [2.05, 4.69) is 20.8 Å². The van der Waals surface area contributed by atoms with Crippen LogP contribution >= 0.6 is 46.6 Å². The van der Waals surface area contributed by atoms with Crippen LogP contribution in [-0.2, 0) is 19.2 Å². The van der Waals surface area contributed by atoms with Crippen LogP contribution in [0.15, 0.2) is 45.9 Å². The smallest absolute Gasteiger partial charge is 0.352 e. The van der Waals surface area contributed by atoms with Gasteiger partial charge in [-0.3, -0.25) is 19.3 Å². The summed E-state index contributed by atoms with van der Waals surface area (Å²) in [6.45, 7) is 1.84. The summed E-state index contributed by atoms with van der Waals surface area (Å²) < 4.78 is 0.721. The molecule has 1 fully saturated rings. The van der Waals surface area contributed by atoms with Gasteiger partial charge >= 0.3 is 5.97 Å². The maximum absolute atomic E-state index is 13.4. The van der Waals surface area contributed by atoms with Crippen molar-refractivity contribution < 1.29 is 24.3 Å². The molecule has 1 aromatic carbocycles. The molecule has 4 atom stereocenters. The van der Waals surface area contributed by atoms with Crippen molar-refractivity contribution in [2.24, 2.45) is 5.73 Å². The Bertz CT molecular complexity index is 1270. The van der Waals surface area contributed by atoms with Gasteiger partial charge < -0.3 is 21.5 Å². The molecule has 0 spiro atoms. The van der Waals surface area contributed by atoms with E-state index in [-0.39, 0.29) is 5.70 Å². The molecule has 2 aromatic rings. The van der Waals surface area contributed by atoms with Gasteiger partial charge in [-0.2, -0.15) is 11.8 Å². The van der Waals surface area contributed by atoms with Crippen LogP contribution in [0.25, 0.3) is 0 Å². The number of fused-ring (bicyclic) bond motifs is 1. The first-order chi connectivity index (χ1) is 18.7. The number of β-lactam (4-membered cyclic amide) rings is 1. The van der Waals surface area contributed by atoms with E-state index >= 15 is 0 Å². The predicted molar refractivity (Wildman–Crippen MR) is 153 cm³/mol. The maximum atomic E-state index is 13.4. The van der Waals surface area contributed by atoms with Crippen LogP contribution in [0.2, 0.25) is 0 Å². The van der Waals surface area contributed by atoms with E-state index in [0.29, 0.717) is 34.8 Å². The second-order valence-corrected chi connectivity index (χ2v) is 13.3. The van der Waals surface area contributed by atoms with Gasteiger partial charge in [-0.15, -0.1) is 22.0 Å². The minimum atomic E-state index is -1.20. The Balaban J connectivity index is 1.47. The molecule has 0 radical (unpaired) electrons. The third-order valence-corrected chi connectivity index (χ3v) is 10.1. The lowest BCUT2D eigenvalue weighted by Gasteiger charge is -2.49. The van der Waals surface area contributed by atoms with E-state index in [1.54, 1.807) is 42.1 Å². The number of hydrogen-bond acceptors (Lipinski definition) is 11. The number of carboxylic acid groups (broad SMARTS) is 1. The van der Waals surface area contributed by atoms with Gasteiger partial charge in [0, 0.05) is 11.5 Å². The first kappa shape index (κ1) is 29.4. The van der Waals surface area contributed by atoms with Crippen LogP contribution < -0.4 is 16.4 Å². The lowest BCUT2D eigenvalue weighted by molar-refractivity contribution is -0.151. The zero-order valence-corrected chi connectivity index (χ0v) is 24.4. The summed E-state index contributed by atoms with van der Waals surface area (Å²) in [4.78, 5) is 52.6. The topological polar surface area (TPSA) is 168 Å². The molecular weight excluding hydrogens is 581 g/mol. The summed E-state index contributed by atoms with van der Waals surface area (Å²) in [6.07, 6.45) is 2.37. The second kappa shape index (κ2) is 13.2. The average molecular weight is 609 g/mol. The van der Waals surface area contributed by atoms with E-state index in [4.69, 9.17) is 5.73 Å². The molecule has 2 aliphatic rings. The van der Waals surface area contributed by atoms with Crippen LogP contribution in [0.4, 0.5) is 0 Å². The summed E-state index contributed by atoms with van der Waals surface area (Å²) in [5.41, 5.74) is 7.09. The summed E-state index contributed by atoms with van der Waals surface area (Å²) in [7, 11) is 0. The molecule has 208 valence electrons. The number of amides is 3. The van der Waals surface area contributed by atoms with Crippen LogP contribution in [0.1, 0.15) is 23.0 Å². The van der Waals surface area contributed by atoms with Gasteiger partial charge in [0.1, 0.15) is 28.2 Å². The summed E-state index contributed by atoms with van der Waals surface area (Å²) in [6, 6.07) is 5.92. The molecule has 3 amide bonds. The number of aromatic nitrogens is 2. The molecule has 5 N–H and O–H groups in total. The van der Waals surface area contributed by atoms with Gasteiger partial charge in [0.15, 0.2) is 4.34 Å². The molecule has 15 heteroatoms. The number of nitrogens with zero attached hydrogens (tertiary/aromatic N) is 3. The summed E-state index contributed by atoms with van der Waals surface area (Å²) in [5.74, 6) is -1.31. The standard InChI is InChI=1S/C24H28N6O5S4/c1-12-28-29-24(39-12)38-11-14-10-37-22-17(21(33)30(22)18(14)23(34)35)27-20(32)16(13-6-4-3-5-7-13)26-19(31)15(25)8-9-36-2/h3-7,15-17,22H,8-11,25H2,1-2H3,(H,26,31)(H,27,32)(H,34,35)/t15-,16?,17?,22-/m0/s1. The SMILES string of the molecule is CSCC[C@H](N)C(=O)NC(C(=O)NC1C(=O)N2C(C(=O)O)=C(CSc3nnc(C)s3)CS[C@@H]12)c1ccccc1. The molecule has 2 unspecified atom stereocenters. The molecule has 3 heterocycles. The van der Waals surface area contributed by atoms with Crippen molar-refractivity contribution in [3.63, 3.8) is 0 Å². The highest BCUT2D eigenvalue weighted by Gasteiger charge is 2.54. The Labute approximate surface area is 242 Å². The normalized spacial score (nSPS) is 20.1. The Morgan fingerprint density at radius 3 is 2.62 bits per heavy atom. The molecule has 1 saturated heterocycles. The number of nitrogens with two attached hydrogens (primary N) is 1. The number of carbonyl (C=O) groups excluding carboxylic acids is 3. The van der Waals surface area contributed by atoms with Gasteiger partial charge in [-0.1, -0.05) is 53.4 Å². The quantitative estimate of drug-likeness (QED) is 0.204. The number of aliphatic carboxylic acids is 1. The third kappa shape index (κ3) is 6.77. The van der Waals surface area contributed by atoms with Crippen LogP contribution in [-0.4, -0.2) is 84.9 Å². The molecule has 39 heavy (non-hydrogen) atoms. The maximum Gasteiger partial charge on any atom is 0.352 e. The highest BCUT2D eigenvalue weighted by molar-refractivity contribution is 8.01. The average Bonchev–Trinajstić information content (AvgIpc) is 3.36. The minimum absolute atomic E-state index is 0.0596. The second-order valence-electron chi connectivity index (χ2n) is 8.77. The lowest BCUT2D eigenvalue weighted by Crippen LogP contribution is -2.71. The molecule has 4 rings (SSSR count). The molecular formula is C24H28N6O5S4. The first-order valence-electron chi connectivity index (χ1n) is 11.9. The van der Waals surface area contributed by atoms with Crippen molar-refractivity contribution in [3.8, 4) is 0 Å². The van der Waals surface area contributed by atoms with Crippen molar-refractivity contribution in [3.05, 3.63) is 52.2 Å². The van der Waals surface area contributed by atoms with Gasteiger partial charge in [-0.25, -0.2) is 4.79 Å². The first-order valence-corrected chi connectivity index (χ1v) is 16.2. The van der Waals surface area contributed by atoms with Crippen molar-refractivity contribution in [2.75, 3.05) is 23.5 Å². The van der Waals surface area contributed by atoms with Gasteiger partial charge in [0.2, 0.25) is 11.8 Å². The number of carboxylic acids is 1. The molecule has 0 aliphatic carbocycles. The zero-order chi connectivity index (χ0) is 28.1. The van der Waals surface area contributed by atoms with E-state index in [1.807, 2.05) is 13.2 Å². The highest BCUT2D eigenvalue weighted by Crippen LogP contribution is 2.42. The van der Waals surface area contributed by atoms with E-state index in [1.165, 1.54) is 39.8 Å². The number of carbonyl (C=O) groups is 4. The van der Waals surface area contributed by atoms with Crippen molar-refractivity contribution in [1.82, 2.24) is 25.7 Å². The van der Waals surface area contributed by atoms with Crippen molar-refractivity contribution in [2.45, 2.75) is 41.2 Å². The lowest BCUT2D eigenvalue weighted by atomic mass is 10.0. The predicted octanol–water partition coefficient (Wildman–Crippen LogP) is 1.62.